The zero-order valence-electron chi connectivity index (χ0n) is 18.6. The molecular weight excluding hydrogens is 438 g/mol. The van der Waals surface area contributed by atoms with E-state index < -0.39 is 30.3 Å². The predicted molar refractivity (Wildman–Crippen MR) is 123 cm³/mol. The van der Waals surface area contributed by atoms with Crippen LogP contribution in [-0.2, 0) is 4.79 Å². The lowest BCUT2D eigenvalue weighted by Gasteiger charge is -2.13. The number of ether oxygens (including phenoxy) is 1. The van der Waals surface area contributed by atoms with E-state index in [2.05, 4.69) is 10.4 Å². The lowest BCUT2D eigenvalue weighted by molar-refractivity contribution is -0.139. The van der Waals surface area contributed by atoms with Crippen LogP contribution in [-0.4, -0.2) is 45.2 Å². The van der Waals surface area contributed by atoms with Gasteiger partial charge >= 0.3 is 5.97 Å². The molecule has 1 atom stereocenters. The molecule has 0 radical (unpaired) electrons. The van der Waals surface area contributed by atoms with Gasteiger partial charge in [0.15, 0.2) is 12.4 Å². The summed E-state index contributed by atoms with van der Waals surface area (Å²) in [5, 5.41) is 24.8. The number of nitrogen functional groups attached to an aromatic ring is 1. The second kappa shape index (κ2) is 10.3. The maximum Gasteiger partial charge on any atom is 0.341 e. The number of rotatable bonds is 9. The molecule has 1 unspecified atom stereocenters. The number of carbonyl (C=O) groups is 3. The molecule has 0 spiro atoms. The van der Waals surface area contributed by atoms with Crippen molar-refractivity contribution in [2.45, 2.75) is 26.3 Å². The number of aryl methyl sites for hydroxylation is 1. The molecule has 3 aromatic rings. The van der Waals surface area contributed by atoms with E-state index in [-0.39, 0.29) is 22.7 Å². The number of hydrogen-bond acceptors (Lipinski definition) is 7. The van der Waals surface area contributed by atoms with Gasteiger partial charge < -0.3 is 20.9 Å². The molecule has 4 N–H and O–H groups in total. The van der Waals surface area contributed by atoms with Gasteiger partial charge in [-0.15, -0.1) is 0 Å². The number of carboxylic acids is 1. The minimum atomic E-state index is -1.13. The third-order valence-corrected chi connectivity index (χ3v) is 5.08. The molecule has 1 amide bonds. The first-order valence-electron chi connectivity index (χ1n) is 10.4. The summed E-state index contributed by atoms with van der Waals surface area (Å²) in [7, 11) is 0. The Kier molecular flexibility index (Phi) is 7.28. The number of nitrogens with zero attached hydrogens (tertiary/aromatic N) is 3. The Hall–Kier alpha value is -4.65. The van der Waals surface area contributed by atoms with Crippen LogP contribution in [0.5, 0.6) is 5.75 Å². The zero-order valence-corrected chi connectivity index (χ0v) is 18.6. The summed E-state index contributed by atoms with van der Waals surface area (Å²) in [5.74, 6) is -1.65. The fraction of sp³-hybridized carbons (Fsp3) is 0.208. The molecule has 0 aliphatic rings. The van der Waals surface area contributed by atoms with Crippen LogP contribution < -0.4 is 15.8 Å². The monoisotopic (exact) mass is 461 g/mol. The largest absolute Gasteiger partial charge is 0.482 e. The molecule has 0 bridgehead atoms. The fourth-order valence-corrected chi connectivity index (χ4v) is 3.20. The van der Waals surface area contributed by atoms with Gasteiger partial charge in [-0.05, 0) is 43.2 Å². The summed E-state index contributed by atoms with van der Waals surface area (Å²) in [6.07, 6.45) is 1.80. The van der Waals surface area contributed by atoms with Crippen LogP contribution >= 0.6 is 0 Å². The van der Waals surface area contributed by atoms with Crippen molar-refractivity contribution in [1.29, 1.82) is 5.26 Å². The molecule has 34 heavy (non-hydrogen) atoms. The third kappa shape index (κ3) is 5.21. The van der Waals surface area contributed by atoms with E-state index in [0.717, 1.165) is 5.56 Å². The van der Waals surface area contributed by atoms with Crippen LogP contribution in [0.2, 0.25) is 0 Å². The maximum absolute atomic E-state index is 13.0. The first-order chi connectivity index (χ1) is 16.2. The smallest absolute Gasteiger partial charge is 0.341 e. The van der Waals surface area contributed by atoms with Crippen molar-refractivity contribution < 1.29 is 24.2 Å². The van der Waals surface area contributed by atoms with Crippen LogP contribution in [0.4, 0.5) is 5.82 Å². The Balaban J connectivity index is 1.90. The van der Waals surface area contributed by atoms with Crippen LogP contribution in [0, 0.1) is 18.3 Å². The highest BCUT2D eigenvalue weighted by Gasteiger charge is 2.20. The van der Waals surface area contributed by atoms with Crippen molar-refractivity contribution >= 4 is 23.5 Å². The molecule has 0 aliphatic carbocycles. The van der Waals surface area contributed by atoms with Gasteiger partial charge in [-0.1, -0.05) is 25.1 Å². The van der Waals surface area contributed by atoms with Crippen molar-refractivity contribution in [3.63, 3.8) is 0 Å². The maximum atomic E-state index is 13.0. The number of anilines is 1. The summed E-state index contributed by atoms with van der Waals surface area (Å²) in [6, 6.07) is 12.5. The number of aromatic nitrogens is 2. The van der Waals surface area contributed by atoms with Crippen molar-refractivity contribution in [2.75, 3.05) is 12.3 Å². The number of hydrogen-bond donors (Lipinski definition) is 3. The number of nitriles is 1. The van der Waals surface area contributed by atoms with Gasteiger partial charge in [-0.25, -0.2) is 9.48 Å². The highest BCUT2D eigenvalue weighted by Crippen LogP contribution is 2.24. The molecule has 0 saturated carbocycles. The highest BCUT2D eigenvalue weighted by molar-refractivity contribution is 6.11. The Morgan fingerprint density at radius 2 is 2.00 bits per heavy atom. The van der Waals surface area contributed by atoms with Gasteiger partial charge in [0.25, 0.3) is 5.91 Å². The summed E-state index contributed by atoms with van der Waals surface area (Å²) >= 11 is 0. The van der Waals surface area contributed by atoms with E-state index in [4.69, 9.17) is 20.8 Å². The lowest BCUT2D eigenvalue weighted by Crippen LogP contribution is -2.33. The van der Waals surface area contributed by atoms with Gasteiger partial charge in [-0.3, -0.25) is 9.59 Å². The van der Waals surface area contributed by atoms with E-state index in [9.17, 15) is 14.4 Å². The number of carboxylic acid groups (broad SMARTS) is 1. The number of benzene rings is 2. The second-order valence-corrected chi connectivity index (χ2v) is 7.46. The minimum absolute atomic E-state index is 0.0750. The number of nitrogens with two attached hydrogens (primary N) is 1. The van der Waals surface area contributed by atoms with Gasteiger partial charge in [0, 0.05) is 11.1 Å². The molecular formula is C24H23N5O5. The standard InChI is InChI=1S/C24H23N5O5/c1-3-17(11-25)28-24(33)16-8-7-14(2)20(10-16)29-23(26)19(12-27-29)22(32)15-5-4-6-18(9-15)34-13-21(30)31/h4-10,12,17H,3,13,26H2,1-2H3,(H,28,33)(H,30,31). The minimum Gasteiger partial charge on any atom is -0.482 e. The summed E-state index contributed by atoms with van der Waals surface area (Å²) < 4.78 is 6.50. The first kappa shape index (κ1) is 24.0. The highest BCUT2D eigenvalue weighted by atomic mass is 16.5. The summed E-state index contributed by atoms with van der Waals surface area (Å²) in [5.41, 5.74) is 8.24. The lowest BCUT2D eigenvalue weighted by atomic mass is 10.1. The Morgan fingerprint density at radius 1 is 1.24 bits per heavy atom. The van der Waals surface area contributed by atoms with E-state index >= 15 is 0 Å². The molecule has 3 rings (SSSR count). The van der Waals surface area contributed by atoms with E-state index in [1.54, 1.807) is 43.3 Å². The van der Waals surface area contributed by atoms with Crippen LogP contribution in [0.3, 0.4) is 0 Å². The summed E-state index contributed by atoms with van der Waals surface area (Å²) in [4.78, 5) is 36.3. The molecule has 0 aliphatic heterocycles. The number of nitrogens with one attached hydrogen (secondary N) is 1. The van der Waals surface area contributed by atoms with Crippen molar-refractivity contribution in [1.82, 2.24) is 15.1 Å². The molecule has 2 aromatic carbocycles. The van der Waals surface area contributed by atoms with E-state index in [1.807, 2.05) is 13.0 Å². The van der Waals surface area contributed by atoms with Gasteiger partial charge in [0.05, 0.1) is 23.5 Å². The van der Waals surface area contributed by atoms with Crippen LogP contribution in [0.15, 0.2) is 48.7 Å². The number of carbonyl (C=O) groups excluding carboxylic acids is 2. The van der Waals surface area contributed by atoms with Crippen LogP contribution in [0.1, 0.15) is 45.2 Å². The average Bonchev–Trinajstić information content (AvgIpc) is 3.21. The molecule has 174 valence electrons. The normalized spacial score (nSPS) is 11.3. The summed E-state index contributed by atoms with van der Waals surface area (Å²) in [6.45, 7) is 3.08. The van der Waals surface area contributed by atoms with E-state index in [0.29, 0.717) is 17.7 Å². The molecule has 10 heteroatoms. The molecule has 10 nitrogen and oxygen atoms in total. The second-order valence-electron chi connectivity index (χ2n) is 7.46. The van der Waals surface area contributed by atoms with Crippen molar-refractivity contribution in [3.05, 3.63) is 70.9 Å². The molecule has 1 aromatic heterocycles. The van der Waals surface area contributed by atoms with Crippen LogP contribution in [0.25, 0.3) is 5.69 Å². The van der Waals surface area contributed by atoms with E-state index in [1.165, 1.54) is 16.9 Å². The van der Waals surface area contributed by atoms with Gasteiger partial charge in [-0.2, -0.15) is 10.4 Å². The van der Waals surface area contributed by atoms with Crippen molar-refractivity contribution in [3.8, 4) is 17.5 Å². The van der Waals surface area contributed by atoms with Crippen molar-refractivity contribution in [2.24, 2.45) is 0 Å². The fourth-order valence-electron chi connectivity index (χ4n) is 3.20. The molecule has 1 heterocycles. The number of aliphatic carboxylic acids is 1. The quantitative estimate of drug-likeness (QED) is 0.410. The number of amides is 1. The Bertz CT molecular complexity index is 1290. The Labute approximate surface area is 195 Å². The van der Waals surface area contributed by atoms with Gasteiger partial charge in [0.2, 0.25) is 0 Å². The SMILES string of the molecule is CCC(C#N)NC(=O)c1ccc(C)c(-n2ncc(C(=O)c3cccc(OCC(=O)O)c3)c2N)c1. The zero-order chi connectivity index (χ0) is 24.8. The topological polar surface area (TPSA) is 160 Å². The predicted octanol–water partition coefficient (Wildman–Crippen LogP) is 2.49. The molecule has 0 saturated heterocycles. The number of ketones is 1. The average molecular weight is 461 g/mol. The van der Waals surface area contributed by atoms with Gasteiger partial charge in [0.1, 0.15) is 17.6 Å². The first-order valence-corrected chi connectivity index (χ1v) is 10.4. The molecule has 0 fully saturated rings. The third-order valence-electron chi connectivity index (χ3n) is 5.08. The Morgan fingerprint density at radius 3 is 2.68 bits per heavy atom.